The molecule has 0 aliphatic heterocycles. The first-order chi connectivity index (χ1) is 9.49. The van der Waals surface area contributed by atoms with Crippen LogP contribution in [0.2, 0.25) is 0 Å². The molecule has 0 fully saturated rings. The predicted octanol–water partition coefficient (Wildman–Crippen LogP) is 1.11. The molecule has 0 radical (unpaired) electrons. The number of carbonyl (C=O) groups is 1. The van der Waals surface area contributed by atoms with Crippen molar-refractivity contribution in [3.8, 4) is 0 Å². The number of imidazole rings is 1. The Morgan fingerprint density at radius 3 is 2.55 bits per heavy atom. The SMILES string of the molecule is C[C@@H](N)C(=O)NC(c1ccc(F)cc1)c1nccn1C. The molecule has 1 aromatic heterocycles. The number of nitrogens with two attached hydrogens (primary N) is 1. The van der Waals surface area contributed by atoms with Crippen LogP contribution in [-0.2, 0) is 11.8 Å². The summed E-state index contributed by atoms with van der Waals surface area (Å²) in [4.78, 5) is 16.1. The van der Waals surface area contributed by atoms with Crippen molar-refractivity contribution in [1.82, 2.24) is 14.9 Å². The standard InChI is InChI=1S/C14H17FN4O/c1-9(16)14(20)18-12(13-17-7-8-19(13)2)10-3-5-11(15)6-4-10/h3-9,12H,16H2,1-2H3,(H,18,20)/t9-,12?/m1/s1. The topological polar surface area (TPSA) is 72.9 Å². The molecule has 5 nitrogen and oxygen atoms in total. The van der Waals surface area contributed by atoms with Gasteiger partial charge in [0.2, 0.25) is 5.91 Å². The van der Waals surface area contributed by atoms with E-state index in [0.717, 1.165) is 5.56 Å². The van der Waals surface area contributed by atoms with Crippen molar-refractivity contribution < 1.29 is 9.18 Å². The van der Waals surface area contributed by atoms with Crippen LogP contribution in [0.3, 0.4) is 0 Å². The first kappa shape index (κ1) is 14.2. The molecule has 0 saturated carbocycles. The summed E-state index contributed by atoms with van der Waals surface area (Å²) in [6.07, 6.45) is 3.42. The third-order valence-electron chi connectivity index (χ3n) is 3.02. The summed E-state index contributed by atoms with van der Waals surface area (Å²) < 4.78 is 14.8. The summed E-state index contributed by atoms with van der Waals surface area (Å²) >= 11 is 0. The van der Waals surface area contributed by atoms with E-state index in [4.69, 9.17) is 5.73 Å². The molecule has 2 aromatic rings. The molecule has 3 N–H and O–H groups in total. The van der Waals surface area contributed by atoms with Crippen LogP contribution in [0.5, 0.6) is 0 Å². The molecule has 1 amide bonds. The molecule has 0 saturated heterocycles. The predicted molar refractivity (Wildman–Crippen MR) is 73.2 cm³/mol. The van der Waals surface area contributed by atoms with Crippen LogP contribution in [0.25, 0.3) is 0 Å². The number of halogens is 1. The molecule has 1 heterocycles. The number of hydrogen-bond donors (Lipinski definition) is 2. The van der Waals surface area contributed by atoms with E-state index in [-0.39, 0.29) is 11.7 Å². The second-order valence-corrected chi connectivity index (χ2v) is 4.68. The lowest BCUT2D eigenvalue weighted by Gasteiger charge is -2.20. The smallest absolute Gasteiger partial charge is 0.237 e. The molecule has 0 spiro atoms. The Balaban J connectivity index is 2.36. The van der Waals surface area contributed by atoms with Crippen molar-refractivity contribution in [2.75, 3.05) is 0 Å². The highest BCUT2D eigenvalue weighted by atomic mass is 19.1. The van der Waals surface area contributed by atoms with Crippen LogP contribution in [0.4, 0.5) is 4.39 Å². The average Bonchev–Trinajstić information content (AvgIpc) is 2.83. The highest BCUT2D eigenvalue weighted by Crippen LogP contribution is 2.20. The van der Waals surface area contributed by atoms with Crippen molar-refractivity contribution in [3.05, 3.63) is 53.9 Å². The quantitative estimate of drug-likeness (QED) is 0.878. The number of aryl methyl sites for hydroxylation is 1. The van der Waals surface area contributed by atoms with Crippen LogP contribution in [-0.4, -0.2) is 21.5 Å². The normalized spacial score (nSPS) is 13.8. The van der Waals surface area contributed by atoms with Gasteiger partial charge >= 0.3 is 0 Å². The zero-order chi connectivity index (χ0) is 14.7. The van der Waals surface area contributed by atoms with Gasteiger partial charge in [0.15, 0.2) is 0 Å². The maximum absolute atomic E-state index is 13.0. The minimum atomic E-state index is -0.627. The van der Waals surface area contributed by atoms with Crippen LogP contribution < -0.4 is 11.1 Å². The van der Waals surface area contributed by atoms with E-state index in [1.54, 1.807) is 36.0 Å². The van der Waals surface area contributed by atoms with Gasteiger partial charge < -0.3 is 15.6 Å². The number of rotatable bonds is 4. The zero-order valence-corrected chi connectivity index (χ0v) is 11.4. The zero-order valence-electron chi connectivity index (χ0n) is 11.4. The fraction of sp³-hybridized carbons (Fsp3) is 0.286. The molecular formula is C14H17FN4O. The first-order valence-corrected chi connectivity index (χ1v) is 6.27. The molecule has 1 unspecified atom stereocenters. The van der Waals surface area contributed by atoms with Crippen LogP contribution in [0, 0.1) is 5.82 Å². The van der Waals surface area contributed by atoms with Crippen molar-refractivity contribution in [1.29, 1.82) is 0 Å². The first-order valence-electron chi connectivity index (χ1n) is 6.27. The Bertz CT molecular complexity index is 591. The number of amides is 1. The second kappa shape index (κ2) is 5.83. The Morgan fingerprint density at radius 2 is 2.05 bits per heavy atom. The monoisotopic (exact) mass is 276 g/mol. The third kappa shape index (κ3) is 3.03. The largest absolute Gasteiger partial charge is 0.341 e. The molecular weight excluding hydrogens is 259 g/mol. The lowest BCUT2D eigenvalue weighted by Crippen LogP contribution is -2.41. The summed E-state index contributed by atoms with van der Waals surface area (Å²) in [6.45, 7) is 1.61. The highest BCUT2D eigenvalue weighted by Gasteiger charge is 2.22. The van der Waals surface area contributed by atoms with Crippen molar-refractivity contribution in [2.24, 2.45) is 12.8 Å². The maximum Gasteiger partial charge on any atom is 0.237 e. The molecule has 2 atom stereocenters. The second-order valence-electron chi connectivity index (χ2n) is 4.68. The van der Waals surface area contributed by atoms with Gasteiger partial charge in [-0.1, -0.05) is 12.1 Å². The highest BCUT2D eigenvalue weighted by molar-refractivity contribution is 5.81. The maximum atomic E-state index is 13.0. The van der Waals surface area contributed by atoms with E-state index in [0.29, 0.717) is 5.82 Å². The minimum absolute atomic E-state index is 0.290. The molecule has 1 aromatic carbocycles. The van der Waals surface area contributed by atoms with Gasteiger partial charge in [-0.2, -0.15) is 0 Å². The average molecular weight is 276 g/mol. The number of benzene rings is 1. The Kier molecular flexibility index (Phi) is 4.14. The summed E-state index contributed by atoms with van der Waals surface area (Å²) in [5.41, 5.74) is 6.32. The van der Waals surface area contributed by atoms with Crippen LogP contribution >= 0.6 is 0 Å². The number of carbonyl (C=O) groups excluding carboxylic acids is 1. The van der Waals surface area contributed by atoms with E-state index in [1.807, 2.05) is 7.05 Å². The van der Waals surface area contributed by atoms with Crippen molar-refractivity contribution in [3.63, 3.8) is 0 Å². The number of nitrogens with zero attached hydrogens (tertiary/aromatic N) is 2. The van der Waals surface area contributed by atoms with E-state index < -0.39 is 12.1 Å². The molecule has 0 aliphatic carbocycles. The lowest BCUT2D eigenvalue weighted by atomic mass is 10.1. The lowest BCUT2D eigenvalue weighted by molar-refractivity contribution is -0.122. The van der Waals surface area contributed by atoms with Gasteiger partial charge in [-0.25, -0.2) is 9.37 Å². The summed E-state index contributed by atoms with van der Waals surface area (Å²) in [6, 6.07) is 4.85. The van der Waals surface area contributed by atoms with Gasteiger partial charge in [-0.05, 0) is 24.6 Å². The van der Waals surface area contributed by atoms with E-state index >= 15 is 0 Å². The molecule has 106 valence electrons. The van der Waals surface area contributed by atoms with Gasteiger partial charge in [0, 0.05) is 19.4 Å². The van der Waals surface area contributed by atoms with Crippen molar-refractivity contribution >= 4 is 5.91 Å². The van der Waals surface area contributed by atoms with Crippen LogP contribution in [0.1, 0.15) is 24.4 Å². The van der Waals surface area contributed by atoms with E-state index in [2.05, 4.69) is 10.3 Å². The summed E-state index contributed by atoms with van der Waals surface area (Å²) in [5.74, 6) is 0.0405. The fourth-order valence-electron chi connectivity index (χ4n) is 1.88. The number of aromatic nitrogens is 2. The minimum Gasteiger partial charge on any atom is -0.341 e. The molecule has 2 rings (SSSR count). The van der Waals surface area contributed by atoms with E-state index in [9.17, 15) is 9.18 Å². The number of hydrogen-bond acceptors (Lipinski definition) is 3. The van der Waals surface area contributed by atoms with Crippen LogP contribution in [0.15, 0.2) is 36.7 Å². The van der Waals surface area contributed by atoms with Gasteiger partial charge in [0.25, 0.3) is 0 Å². The fourth-order valence-corrected chi connectivity index (χ4v) is 1.88. The van der Waals surface area contributed by atoms with Gasteiger partial charge in [0.1, 0.15) is 17.7 Å². The van der Waals surface area contributed by atoms with Gasteiger partial charge in [-0.15, -0.1) is 0 Å². The number of nitrogens with one attached hydrogen (secondary N) is 1. The Hall–Kier alpha value is -2.21. The third-order valence-corrected chi connectivity index (χ3v) is 3.02. The molecule has 20 heavy (non-hydrogen) atoms. The summed E-state index contributed by atoms with van der Waals surface area (Å²) in [7, 11) is 1.83. The Labute approximate surface area is 116 Å². The Morgan fingerprint density at radius 1 is 1.40 bits per heavy atom. The van der Waals surface area contributed by atoms with Gasteiger partial charge in [-0.3, -0.25) is 4.79 Å². The van der Waals surface area contributed by atoms with E-state index in [1.165, 1.54) is 12.1 Å². The molecule has 6 heteroatoms. The van der Waals surface area contributed by atoms with Crippen molar-refractivity contribution in [2.45, 2.75) is 19.0 Å². The molecule has 0 bridgehead atoms. The van der Waals surface area contributed by atoms with Gasteiger partial charge in [0.05, 0.1) is 6.04 Å². The molecule has 0 aliphatic rings. The summed E-state index contributed by atoms with van der Waals surface area (Å²) in [5, 5.41) is 2.83.